The van der Waals surface area contributed by atoms with Crippen LogP contribution in [0.25, 0.3) is 0 Å². The molecule has 0 atom stereocenters. The van der Waals surface area contributed by atoms with E-state index in [0.29, 0.717) is 18.0 Å². The van der Waals surface area contributed by atoms with Gasteiger partial charge in [0, 0.05) is 19.7 Å². The molecule has 0 radical (unpaired) electrons. The molecule has 2 N–H and O–H groups in total. The molecule has 120 valence electrons. The van der Waals surface area contributed by atoms with Crippen LogP contribution in [0.2, 0.25) is 0 Å². The zero-order valence-electron chi connectivity index (χ0n) is 13.3. The minimum Gasteiger partial charge on any atom is -0.375 e. The van der Waals surface area contributed by atoms with E-state index in [-0.39, 0.29) is 6.54 Å². The van der Waals surface area contributed by atoms with Gasteiger partial charge in [0.05, 0.1) is 10.5 Å². The van der Waals surface area contributed by atoms with E-state index in [0.717, 1.165) is 12.1 Å². The fourth-order valence-corrected chi connectivity index (χ4v) is 3.40. The molecular weight excluding hydrogens is 288 g/mol. The monoisotopic (exact) mass is 314 g/mol. The average Bonchev–Trinajstić information content (AvgIpc) is 2.43. The molecule has 0 fully saturated rings. The Morgan fingerprint density at radius 1 is 1.19 bits per heavy atom. The highest BCUT2D eigenvalue weighted by atomic mass is 32.2. The molecular formula is C15H26N2O3S. The minimum absolute atomic E-state index is 0.235. The molecule has 0 heterocycles. The minimum atomic E-state index is -3.54. The van der Waals surface area contributed by atoms with Gasteiger partial charge in [-0.2, -0.15) is 0 Å². The fraction of sp³-hybridized carbons (Fsp3) is 0.600. The van der Waals surface area contributed by atoms with Gasteiger partial charge in [-0.05, 0) is 38.9 Å². The second kappa shape index (κ2) is 7.89. The molecule has 0 aliphatic carbocycles. The lowest BCUT2D eigenvalue weighted by Gasteiger charge is -2.25. The van der Waals surface area contributed by atoms with Crippen molar-refractivity contribution in [2.75, 3.05) is 19.7 Å². The van der Waals surface area contributed by atoms with Gasteiger partial charge in [-0.25, -0.2) is 13.1 Å². The van der Waals surface area contributed by atoms with Crippen molar-refractivity contribution in [2.45, 2.75) is 44.7 Å². The molecule has 0 aliphatic rings. The van der Waals surface area contributed by atoms with E-state index in [1.165, 1.54) is 0 Å². The second-order valence-corrected chi connectivity index (χ2v) is 7.14. The molecule has 0 unspecified atom stereocenters. The van der Waals surface area contributed by atoms with Gasteiger partial charge in [-0.15, -0.1) is 0 Å². The molecule has 1 aromatic carbocycles. The number of sulfonamides is 1. The first-order chi connectivity index (χ1) is 9.82. The lowest BCUT2D eigenvalue weighted by atomic mass is 10.1. The molecule has 6 heteroatoms. The van der Waals surface area contributed by atoms with Gasteiger partial charge >= 0.3 is 0 Å². The number of nitrogens with one attached hydrogen (secondary N) is 2. The van der Waals surface area contributed by atoms with Gasteiger partial charge in [0.15, 0.2) is 0 Å². The van der Waals surface area contributed by atoms with E-state index in [1.807, 2.05) is 39.8 Å². The molecule has 0 amide bonds. The van der Waals surface area contributed by atoms with Gasteiger partial charge < -0.3 is 10.1 Å². The van der Waals surface area contributed by atoms with E-state index < -0.39 is 15.6 Å². The lowest BCUT2D eigenvalue weighted by molar-refractivity contribution is -0.00515. The Hall–Kier alpha value is -0.950. The van der Waals surface area contributed by atoms with Crippen LogP contribution in [0.4, 0.5) is 0 Å². The molecule has 0 saturated heterocycles. The molecule has 5 nitrogen and oxygen atoms in total. The Bertz CT molecular complexity index is 542. The van der Waals surface area contributed by atoms with Gasteiger partial charge in [0.2, 0.25) is 10.0 Å². The van der Waals surface area contributed by atoms with Crippen LogP contribution in [0.5, 0.6) is 0 Å². The first kappa shape index (κ1) is 18.1. The summed E-state index contributed by atoms with van der Waals surface area (Å²) in [4.78, 5) is 0.318. The van der Waals surface area contributed by atoms with E-state index in [4.69, 9.17) is 4.74 Å². The maximum Gasteiger partial charge on any atom is 0.240 e. The van der Waals surface area contributed by atoms with E-state index in [9.17, 15) is 8.42 Å². The van der Waals surface area contributed by atoms with Crippen LogP contribution < -0.4 is 10.0 Å². The molecule has 0 saturated carbocycles. The molecule has 0 bridgehead atoms. The third-order valence-corrected chi connectivity index (χ3v) is 4.55. The third kappa shape index (κ3) is 5.74. The van der Waals surface area contributed by atoms with Crippen LogP contribution in [0.1, 0.15) is 33.3 Å². The quantitative estimate of drug-likeness (QED) is 0.730. The summed E-state index contributed by atoms with van der Waals surface area (Å²) < 4.78 is 33.1. The van der Waals surface area contributed by atoms with Crippen molar-refractivity contribution < 1.29 is 13.2 Å². The van der Waals surface area contributed by atoms with Crippen molar-refractivity contribution in [1.82, 2.24) is 10.0 Å². The van der Waals surface area contributed by atoms with Crippen molar-refractivity contribution >= 4 is 10.0 Å². The topological polar surface area (TPSA) is 67.4 Å². The zero-order valence-corrected chi connectivity index (χ0v) is 14.1. The van der Waals surface area contributed by atoms with Gasteiger partial charge in [-0.1, -0.05) is 25.1 Å². The molecule has 1 rings (SSSR count). The third-order valence-electron chi connectivity index (χ3n) is 3.05. The largest absolute Gasteiger partial charge is 0.375 e. The van der Waals surface area contributed by atoms with Crippen molar-refractivity contribution in [2.24, 2.45) is 0 Å². The summed E-state index contributed by atoms with van der Waals surface area (Å²) in [5, 5.41) is 3.15. The van der Waals surface area contributed by atoms with Gasteiger partial charge in [-0.3, -0.25) is 0 Å². The Labute approximate surface area is 128 Å². The Morgan fingerprint density at radius 3 is 2.48 bits per heavy atom. The SMILES string of the molecule is CCNCc1ccccc1S(=O)(=O)NCC(C)(C)OCC. The predicted octanol–water partition coefficient (Wildman–Crippen LogP) is 1.89. The zero-order chi connectivity index (χ0) is 15.9. The summed E-state index contributed by atoms with van der Waals surface area (Å²) >= 11 is 0. The number of rotatable bonds is 9. The highest BCUT2D eigenvalue weighted by molar-refractivity contribution is 7.89. The van der Waals surface area contributed by atoms with Gasteiger partial charge in [0.25, 0.3) is 0 Å². The predicted molar refractivity (Wildman–Crippen MR) is 84.7 cm³/mol. The molecule has 0 aromatic heterocycles. The number of hydrogen-bond acceptors (Lipinski definition) is 4. The number of hydrogen-bond donors (Lipinski definition) is 2. The molecule has 21 heavy (non-hydrogen) atoms. The lowest BCUT2D eigenvalue weighted by Crippen LogP contribution is -2.40. The Balaban J connectivity index is 2.88. The highest BCUT2D eigenvalue weighted by Crippen LogP contribution is 2.16. The van der Waals surface area contributed by atoms with Crippen molar-refractivity contribution in [3.05, 3.63) is 29.8 Å². The van der Waals surface area contributed by atoms with Crippen molar-refractivity contribution in [3.63, 3.8) is 0 Å². The van der Waals surface area contributed by atoms with Gasteiger partial charge in [0.1, 0.15) is 0 Å². The standard InChI is InChI=1S/C15H26N2O3S/c1-5-16-11-13-9-7-8-10-14(13)21(18,19)17-12-15(3,4)20-6-2/h7-10,16-17H,5-6,11-12H2,1-4H3. The maximum absolute atomic E-state index is 12.5. The summed E-state index contributed by atoms with van der Waals surface area (Å²) in [5.41, 5.74) is 0.236. The normalized spacial score (nSPS) is 12.6. The maximum atomic E-state index is 12.5. The molecule has 1 aromatic rings. The Morgan fingerprint density at radius 2 is 1.86 bits per heavy atom. The first-order valence-corrected chi connectivity index (χ1v) is 8.73. The molecule has 0 spiro atoms. The smallest absolute Gasteiger partial charge is 0.240 e. The number of benzene rings is 1. The summed E-state index contributed by atoms with van der Waals surface area (Å²) in [7, 11) is -3.54. The van der Waals surface area contributed by atoms with E-state index in [2.05, 4.69) is 10.0 Å². The van der Waals surface area contributed by atoms with Crippen molar-refractivity contribution in [3.8, 4) is 0 Å². The summed E-state index contributed by atoms with van der Waals surface area (Å²) in [6, 6.07) is 7.03. The summed E-state index contributed by atoms with van der Waals surface area (Å²) in [6.07, 6.45) is 0. The van der Waals surface area contributed by atoms with Crippen molar-refractivity contribution in [1.29, 1.82) is 0 Å². The van der Waals surface area contributed by atoms with E-state index >= 15 is 0 Å². The van der Waals surface area contributed by atoms with Crippen LogP contribution in [0, 0.1) is 0 Å². The van der Waals surface area contributed by atoms with Crippen LogP contribution in [0.3, 0.4) is 0 Å². The van der Waals surface area contributed by atoms with E-state index in [1.54, 1.807) is 12.1 Å². The Kier molecular flexibility index (Phi) is 6.80. The van der Waals surface area contributed by atoms with Crippen LogP contribution in [-0.4, -0.2) is 33.7 Å². The van der Waals surface area contributed by atoms with Crippen LogP contribution >= 0.6 is 0 Å². The van der Waals surface area contributed by atoms with Crippen LogP contribution in [-0.2, 0) is 21.3 Å². The van der Waals surface area contributed by atoms with Crippen LogP contribution in [0.15, 0.2) is 29.2 Å². The fourth-order valence-electron chi connectivity index (χ4n) is 1.96. The summed E-state index contributed by atoms with van der Waals surface area (Å²) in [6.45, 7) is 9.71. The first-order valence-electron chi connectivity index (χ1n) is 7.24. The average molecular weight is 314 g/mol. The second-order valence-electron chi connectivity index (χ2n) is 5.41. The number of ether oxygens (including phenoxy) is 1. The summed E-state index contributed by atoms with van der Waals surface area (Å²) in [5.74, 6) is 0. The highest BCUT2D eigenvalue weighted by Gasteiger charge is 2.23. The molecule has 0 aliphatic heterocycles.